The maximum atomic E-state index is 12.4. The number of carbonyl (C=O) groups excluding carboxylic acids is 1. The quantitative estimate of drug-likeness (QED) is 0.487. The van der Waals surface area contributed by atoms with Gasteiger partial charge >= 0.3 is 0 Å². The van der Waals surface area contributed by atoms with Gasteiger partial charge in [0.15, 0.2) is 5.13 Å². The van der Waals surface area contributed by atoms with Crippen molar-refractivity contribution in [3.63, 3.8) is 0 Å². The molecule has 140 valence electrons. The maximum Gasteiger partial charge on any atom is 0.230 e. The molecule has 0 fully saturated rings. The number of aromatic nitrogens is 1. The predicted molar refractivity (Wildman–Crippen MR) is 111 cm³/mol. The summed E-state index contributed by atoms with van der Waals surface area (Å²) in [7, 11) is 1.63. The molecule has 1 heterocycles. The van der Waals surface area contributed by atoms with Gasteiger partial charge in [0, 0.05) is 0 Å². The summed E-state index contributed by atoms with van der Waals surface area (Å²) in [6.07, 6.45) is 0.241. The van der Waals surface area contributed by atoms with E-state index < -0.39 is 0 Å². The van der Waals surface area contributed by atoms with Crippen LogP contribution in [0.3, 0.4) is 0 Å². The highest BCUT2D eigenvalue weighted by atomic mass is 32.1. The smallest absolute Gasteiger partial charge is 0.230 e. The fourth-order valence-electron chi connectivity index (χ4n) is 2.78. The Morgan fingerprint density at radius 3 is 2.61 bits per heavy atom. The number of amides is 1. The Kier molecular flexibility index (Phi) is 5.21. The molecule has 0 radical (unpaired) electrons. The van der Waals surface area contributed by atoms with Gasteiger partial charge in [0.05, 0.1) is 23.7 Å². The molecule has 4 rings (SSSR count). The van der Waals surface area contributed by atoms with Crippen molar-refractivity contribution in [2.75, 3.05) is 12.4 Å². The number of methoxy groups -OCH3 is 1. The number of anilines is 1. The number of ether oxygens (including phenoxy) is 2. The van der Waals surface area contributed by atoms with Crippen molar-refractivity contribution >= 4 is 32.6 Å². The van der Waals surface area contributed by atoms with E-state index in [0.29, 0.717) is 10.9 Å². The molecule has 0 aliphatic carbocycles. The second kappa shape index (κ2) is 8.10. The van der Waals surface area contributed by atoms with Crippen molar-refractivity contribution in [1.29, 1.82) is 0 Å². The Hall–Kier alpha value is -3.38. The van der Waals surface area contributed by atoms with Gasteiger partial charge in [0.2, 0.25) is 5.91 Å². The van der Waals surface area contributed by atoms with Crippen LogP contribution in [0.2, 0.25) is 0 Å². The summed E-state index contributed by atoms with van der Waals surface area (Å²) in [5.41, 5.74) is 1.70. The van der Waals surface area contributed by atoms with Gasteiger partial charge < -0.3 is 14.8 Å². The van der Waals surface area contributed by atoms with Gasteiger partial charge in [-0.3, -0.25) is 4.79 Å². The highest BCUT2D eigenvalue weighted by molar-refractivity contribution is 7.22. The largest absolute Gasteiger partial charge is 0.497 e. The van der Waals surface area contributed by atoms with Crippen LogP contribution in [0.15, 0.2) is 72.8 Å². The van der Waals surface area contributed by atoms with Crippen molar-refractivity contribution in [2.45, 2.75) is 6.42 Å². The van der Waals surface area contributed by atoms with Crippen molar-refractivity contribution in [3.8, 4) is 17.2 Å². The van der Waals surface area contributed by atoms with E-state index in [4.69, 9.17) is 9.47 Å². The first-order valence-corrected chi connectivity index (χ1v) is 9.57. The van der Waals surface area contributed by atoms with Crippen molar-refractivity contribution in [2.24, 2.45) is 0 Å². The third kappa shape index (κ3) is 4.29. The number of carbonyl (C=O) groups is 1. The molecule has 4 aromatic rings. The van der Waals surface area contributed by atoms with E-state index in [-0.39, 0.29) is 12.3 Å². The highest BCUT2D eigenvalue weighted by Gasteiger charge is 2.10. The lowest BCUT2D eigenvalue weighted by Crippen LogP contribution is -2.14. The highest BCUT2D eigenvalue weighted by Crippen LogP contribution is 2.29. The Balaban J connectivity index is 1.43. The van der Waals surface area contributed by atoms with E-state index in [0.717, 1.165) is 27.3 Å². The first-order chi connectivity index (χ1) is 13.7. The Bertz CT molecular complexity index is 1110. The lowest BCUT2D eigenvalue weighted by atomic mass is 10.1. The number of rotatable bonds is 6. The second-order valence-corrected chi connectivity index (χ2v) is 7.17. The molecule has 0 saturated heterocycles. The van der Waals surface area contributed by atoms with Gasteiger partial charge in [-0.05, 0) is 48.0 Å². The fourth-order valence-corrected chi connectivity index (χ4v) is 3.69. The van der Waals surface area contributed by atoms with E-state index in [1.807, 2.05) is 72.8 Å². The number of hydrogen-bond donors (Lipinski definition) is 1. The van der Waals surface area contributed by atoms with Crippen LogP contribution in [-0.4, -0.2) is 18.0 Å². The average molecular weight is 390 g/mol. The minimum Gasteiger partial charge on any atom is -0.497 e. The predicted octanol–water partition coefficient (Wildman–Crippen LogP) is 5.28. The molecule has 0 atom stereocenters. The first kappa shape index (κ1) is 18.0. The number of thiazole rings is 1. The molecular formula is C22H18N2O3S. The summed E-state index contributed by atoms with van der Waals surface area (Å²) >= 11 is 1.42. The van der Waals surface area contributed by atoms with Crippen LogP contribution in [0, 0.1) is 0 Å². The number of fused-ring (bicyclic) bond motifs is 1. The van der Waals surface area contributed by atoms with Crippen molar-refractivity contribution < 1.29 is 14.3 Å². The molecule has 28 heavy (non-hydrogen) atoms. The molecule has 6 heteroatoms. The molecule has 0 aliphatic heterocycles. The standard InChI is InChI=1S/C22H18N2O3S/c1-26-17-10-11-19-20(14-17)28-22(23-19)24-21(25)13-15-6-5-9-18(12-15)27-16-7-3-2-4-8-16/h2-12,14H,13H2,1H3,(H,23,24,25). The molecule has 1 amide bonds. The zero-order chi connectivity index (χ0) is 19.3. The molecule has 1 aromatic heterocycles. The lowest BCUT2D eigenvalue weighted by molar-refractivity contribution is -0.115. The molecular weight excluding hydrogens is 372 g/mol. The summed E-state index contributed by atoms with van der Waals surface area (Å²) in [5, 5.41) is 3.45. The van der Waals surface area contributed by atoms with Gasteiger partial charge in [-0.1, -0.05) is 41.7 Å². The third-order valence-electron chi connectivity index (χ3n) is 4.08. The summed E-state index contributed by atoms with van der Waals surface area (Å²) in [6.45, 7) is 0. The molecule has 0 aliphatic rings. The Morgan fingerprint density at radius 2 is 1.79 bits per heavy atom. The minimum atomic E-state index is -0.122. The van der Waals surface area contributed by atoms with Crippen LogP contribution in [0.4, 0.5) is 5.13 Å². The monoisotopic (exact) mass is 390 g/mol. The average Bonchev–Trinajstić information content (AvgIpc) is 3.10. The molecule has 3 aromatic carbocycles. The summed E-state index contributed by atoms with van der Waals surface area (Å²) < 4.78 is 12.0. The molecule has 0 bridgehead atoms. The van der Waals surface area contributed by atoms with E-state index in [9.17, 15) is 4.79 Å². The molecule has 1 N–H and O–H groups in total. The van der Waals surface area contributed by atoms with Crippen molar-refractivity contribution in [1.82, 2.24) is 4.98 Å². The molecule has 0 unspecified atom stereocenters. The van der Waals surface area contributed by atoms with Gasteiger partial charge in [-0.25, -0.2) is 4.98 Å². The lowest BCUT2D eigenvalue weighted by Gasteiger charge is -2.07. The van der Waals surface area contributed by atoms with Gasteiger partial charge in [0.25, 0.3) is 0 Å². The van der Waals surface area contributed by atoms with Crippen LogP contribution in [0.25, 0.3) is 10.2 Å². The molecule has 5 nitrogen and oxygen atoms in total. The number of para-hydroxylation sites is 1. The number of hydrogen-bond acceptors (Lipinski definition) is 5. The van der Waals surface area contributed by atoms with E-state index in [1.54, 1.807) is 7.11 Å². The second-order valence-electron chi connectivity index (χ2n) is 6.14. The van der Waals surface area contributed by atoms with Crippen molar-refractivity contribution in [3.05, 3.63) is 78.4 Å². The Labute approximate surface area is 166 Å². The van der Waals surface area contributed by atoms with E-state index >= 15 is 0 Å². The van der Waals surface area contributed by atoms with Crippen LogP contribution in [-0.2, 0) is 11.2 Å². The van der Waals surface area contributed by atoms with Gasteiger partial charge in [-0.2, -0.15) is 0 Å². The normalized spacial score (nSPS) is 10.6. The topological polar surface area (TPSA) is 60.5 Å². The minimum absolute atomic E-state index is 0.122. The first-order valence-electron chi connectivity index (χ1n) is 8.76. The van der Waals surface area contributed by atoms with Crippen LogP contribution >= 0.6 is 11.3 Å². The zero-order valence-electron chi connectivity index (χ0n) is 15.2. The van der Waals surface area contributed by atoms with Crippen LogP contribution in [0.1, 0.15) is 5.56 Å². The van der Waals surface area contributed by atoms with E-state index in [2.05, 4.69) is 10.3 Å². The summed E-state index contributed by atoms with van der Waals surface area (Å²) in [6, 6.07) is 22.7. The van der Waals surface area contributed by atoms with Gasteiger partial charge in [0.1, 0.15) is 17.2 Å². The summed E-state index contributed by atoms with van der Waals surface area (Å²) in [5.74, 6) is 2.10. The van der Waals surface area contributed by atoms with Crippen LogP contribution < -0.4 is 14.8 Å². The van der Waals surface area contributed by atoms with E-state index in [1.165, 1.54) is 11.3 Å². The van der Waals surface area contributed by atoms with Crippen LogP contribution in [0.5, 0.6) is 17.2 Å². The fraction of sp³-hybridized carbons (Fsp3) is 0.0909. The van der Waals surface area contributed by atoms with Gasteiger partial charge in [-0.15, -0.1) is 0 Å². The Morgan fingerprint density at radius 1 is 0.964 bits per heavy atom. The SMILES string of the molecule is COc1ccc2nc(NC(=O)Cc3cccc(Oc4ccccc4)c3)sc2c1. The number of benzene rings is 3. The maximum absolute atomic E-state index is 12.4. The third-order valence-corrected chi connectivity index (χ3v) is 5.02. The molecule has 0 spiro atoms. The summed E-state index contributed by atoms with van der Waals surface area (Å²) in [4.78, 5) is 16.9. The number of nitrogens with one attached hydrogen (secondary N) is 1. The zero-order valence-corrected chi connectivity index (χ0v) is 16.0. The number of nitrogens with zero attached hydrogens (tertiary/aromatic N) is 1. The molecule has 0 saturated carbocycles.